The van der Waals surface area contributed by atoms with Crippen LogP contribution in [0, 0.1) is 0 Å². The molecule has 9 heavy (non-hydrogen) atoms. The van der Waals surface area contributed by atoms with E-state index in [9.17, 15) is 0 Å². The van der Waals surface area contributed by atoms with Crippen LogP contribution in [0.4, 0.5) is 0 Å². The van der Waals surface area contributed by atoms with Crippen molar-refractivity contribution in [2.75, 3.05) is 13.7 Å². The van der Waals surface area contributed by atoms with E-state index in [1.54, 1.807) is 7.11 Å². The fourth-order valence-electron chi connectivity index (χ4n) is 0.426. The van der Waals surface area contributed by atoms with Crippen LogP contribution in [-0.2, 0) is 4.74 Å². The van der Waals surface area contributed by atoms with Crippen molar-refractivity contribution < 1.29 is 4.74 Å². The quantitative estimate of drug-likeness (QED) is 0.526. The fourth-order valence-corrected chi connectivity index (χ4v) is 0.426. The van der Waals surface area contributed by atoms with Crippen LogP contribution < -0.4 is 0 Å². The first-order chi connectivity index (χ1) is 4.31. The summed E-state index contributed by atoms with van der Waals surface area (Å²) < 4.78 is 4.82. The third kappa shape index (κ3) is 5.31. The van der Waals surface area contributed by atoms with Gasteiger partial charge < -0.3 is 4.74 Å². The van der Waals surface area contributed by atoms with Gasteiger partial charge in [-0.05, 0) is 13.8 Å². The number of methoxy groups -OCH3 is 1. The molecule has 0 aliphatic rings. The molecule has 0 aromatic carbocycles. The minimum absolute atomic E-state index is 0.700. The van der Waals surface area contributed by atoms with Crippen molar-refractivity contribution in [2.24, 2.45) is 0 Å². The molecule has 0 atom stereocenters. The Bertz CT molecular complexity index is 112. The highest BCUT2D eigenvalue weighted by atomic mass is 16.5. The highest BCUT2D eigenvalue weighted by Gasteiger charge is 1.74. The largest absolute Gasteiger partial charge is 0.381 e. The highest BCUT2D eigenvalue weighted by Crippen LogP contribution is 1.92. The Morgan fingerprint density at radius 2 is 2.22 bits per heavy atom. The van der Waals surface area contributed by atoms with Crippen LogP contribution in [0.2, 0.25) is 0 Å². The lowest BCUT2D eigenvalue weighted by Crippen LogP contribution is -1.79. The highest BCUT2D eigenvalue weighted by molar-refractivity contribution is 5.14. The average Bonchev–Trinajstić information content (AvgIpc) is 1.89. The van der Waals surface area contributed by atoms with Crippen molar-refractivity contribution in [1.82, 2.24) is 0 Å². The first-order valence-corrected chi connectivity index (χ1v) is 3.09. The van der Waals surface area contributed by atoms with E-state index in [0.29, 0.717) is 6.61 Å². The van der Waals surface area contributed by atoms with Crippen LogP contribution in [0.15, 0.2) is 23.8 Å². The molecule has 0 rings (SSSR count). The monoisotopic (exact) mass is 126 g/mol. The summed E-state index contributed by atoms with van der Waals surface area (Å²) in [6, 6.07) is 0. The number of rotatable bonds is 3. The summed E-state index contributed by atoms with van der Waals surface area (Å²) in [6.07, 6.45) is 6.10. The standard InChI is InChI=1S/C8H14O/c1-4-8(2)6-5-7-9-3/h4-6H,7H2,1-3H3/b6-5+,8-4+. The zero-order chi connectivity index (χ0) is 7.11. The Morgan fingerprint density at radius 3 is 2.67 bits per heavy atom. The summed E-state index contributed by atoms with van der Waals surface area (Å²) in [5.41, 5.74) is 1.27. The van der Waals surface area contributed by atoms with Crippen molar-refractivity contribution in [3.05, 3.63) is 23.8 Å². The maximum absolute atomic E-state index is 4.82. The van der Waals surface area contributed by atoms with Crippen LogP contribution in [0.25, 0.3) is 0 Å². The van der Waals surface area contributed by atoms with E-state index in [1.807, 2.05) is 19.1 Å². The Morgan fingerprint density at radius 1 is 1.56 bits per heavy atom. The fraction of sp³-hybridized carbons (Fsp3) is 0.500. The molecule has 0 amide bonds. The molecular weight excluding hydrogens is 112 g/mol. The molecule has 52 valence electrons. The maximum atomic E-state index is 4.82. The molecule has 0 radical (unpaired) electrons. The first kappa shape index (κ1) is 8.44. The number of allylic oxidation sites excluding steroid dienone is 3. The summed E-state index contributed by atoms with van der Waals surface area (Å²) >= 11 is 0. The Hall–Kier alpha value is -0.560. The Kier molecular flexibility index (Phi) is 5.23. The van der Waals surface area contributed by atoms with Crippen molar-refractivity contribution in [2.45, 2.75) is 13.8 Å². The zero-order valence-electron chi connectivity index (χ0n) is 6.35. The molecule has 0 N–H and O–H groups in total. The molecule has 0 bridgehead atoms. The molecule has 0 aliphatic heterocycles. The summed E-state index contributed by atoms with van der Waals surface area (Å²) in [7, 11) is 1.69. The number of ether oxygens (including phenoxy) is 1. The first-order valence-electron chi connectivity index (χ1n) is 3.09. The van der Waals surface area contributed by atoms with Gasteiger partial charge in [-0.3, -0.25) is 0 Å². The van der Waals surface area contributed by atoms with Gasteiger partial charge in [0.2, 0.25) is 0 Å². The lowest BCUT2D eigenvalue weighted by atomic mass is 10.3. The topological polar surface area (TPSA) is 9.23 Å². The maximum Gasteiger partial charge on any atom is 0.0646 e. The van der Waals surface area contributed by atoms with Gasteiger partial charge in [0.25, 0.3) is 0 Å². The minimum Gasteiger partial charge on any atom is -0.381 e. The molecule has 0 unspecified atom stereocenters. The van der Waals surface area contributed by atoms with Crippen molar-refractivity contribution in [3.63, 3.8) is 0 Å². The number of hydrogen-bond donors (Lipinski definition) is 0. The van der Waals surface area contributed by atoms with Crippen molar-refractivity contribution >= 4 is 0 Å². The molecule has 0 aromatic rings. The molecule has 0 saturated carbocycles. The normalized spacial score (nSPS) is 13.0. The van der Waals surface area contributed by atoms with E-state index in [4.69, 9.17) is 4.74 Å². The van der Waals surface area contributed by atoms with Crippen LogP contribution in [0.1, 0.15) is 13.8 Å². The van der Waals surface area contributed by atoms with Gasteiger partial charge in [0, 0.05) is 7.11 Å². The summed E-state index contributed by atoms with van der Waals surface area (Å²) in [5, 5.41) is 0. The molecule has 0 heterocycles. The van der Waals surface area contributed by atoms with E-state index < -0.39 is 0 Å². The van der Waals surface area contributed by atoms with Gasteiger partial charge in [0.15, 0.2) is 0 Å². The van der Waals surface area contributed by atoms with Gasteiger partial charge >= 0.3 is 0 Å². The SMILES string of the molecule is C/C=C(C)/C=C/COC. The molecule has 0 spiro atoms. The van der Waals surface area contributed by atoms with Gasteiger partial charge in [0.1, 0.15) is 0 Å². The van der Waals surface area contributed by atoms with Crippen LogP contribution in [0.3, 0.4) is 0 Å². The predicted octanol–water partition coefficient (Wildman–Crippen LogP) is 2.16. The van der Waals surface area contributed by atoms with Crippen molar-refractivity contribution in [1.29, 1.82) is 0 Å². The third-order valence-corrected chi connectivity index (χ3v) is 1.10. The van der Waals surface area contributed by atoms with E-state index in [1.165, 1.54) is 5.57 Å². The van der Waals surface area contributed by atoms with Gasteiger partial charge in [-0.1, -0.05) is 23.8 Å². The molecule has 1 nitrogen and oxygen atoms in total. The lowest BCUT2D eigenvalue weighted by Gasteiger charge is -1.88. The van der Waals surface area contributed by atoms with Gasteiger partial charge in [-0.2, -0.15) is 0 Å². The minimum atomic E-state index is 0.700. The molecule has 0 aliphatic carbocycles. The Labute approximate surface area is 57.0 Å². The molecule has 1 heteroatoms. The second kappa shape index (κ2) is 5.57. The van der Waals surface area contributed by atoms with Crippen molar-refractivity contribution in [3.8, 4) is 0 Å². The van der Waals surface area contributed by atoms with Gasteiger partial charge in [0.05, 0.1) is 6.61 Å². The molecular formula is C8H14O. The van der Waals surface area contributed by atoms with E-state index in [-0.39, 0.29) is 0 Å². The second-order valence-corrected chi connectivity index (χ2v) is 1.89. The lowest BCUT2D eigenvalue weighted by molar-refractivity contribution is 0.234. The van der Waals surface area contributed by atoms with Gasteiger partial charge in [-0.25, -0.2) is 0 Å². The van der Waals surface area contributed by atoms with Crippen LogP contribution in [0.5, 0.6) is 0 Å². The summed E-state index contributed by atoms with van der Waals surface area (Å²) in [5.74, 6) is 0. The average molecular weight is 126 g/mol. The third-order valence-electron chi connectivity index (χ3n) is 1.10. The zero-order valence-corrected chi connectivity index (χ0v) is 6.35. The van der Waals surface area contributed by atoms with E-state index in [2.05, 4.69) is 13.0 Å². The smallest absolute Gasteiger partial charge is 0.0646 e. The Balaban J connectivity index is 3.45. The van der Waals surface area contributed by atoms with Gasteiger partial charge in [-0.15, -0.1) is 0 Å². The van der Waals surface area contributed by atoms with E-state index in [0.717, 1.165) is 0 Å². The molecule has 0 fully saturated rings. The molecule has 0 saturated heterocycles. The summed E-state index contributed by atoms with van der Waals surface area (Å²) in [4.78, 5) is 0. The van der Waals surface area contributed by atoms with E-state index >= 15 is 0 Å². The summed E-state index contributed by atoms with van der Waals surface area (Å²) in [6.45, 7) is 4.78. The second-order valence-electron chi connectivity index (χ2n) is 1.89. The van der Waals surface area contributed by atoms with Crippen LogP contribution >= 0.6 is 0 Å². The van der Waals surface area contributed by atoms with Crippen LogP contribution in [-0.4, -0.2) is 13.7 Å². The molecule has 0 aromatic heterocycles. The predicted molar refractivity (Wildman–Crippen MR) is 40.4 cm³/mol. The number of hydrogen-bond acceptors (Lipinski definition) is 1.